The molecule has 0 unspecified atom stereocenters. The summed E-state index contributed by atoms with van der Waals surface area (Å²) in [6.07, 6.45) is 0. The third-order valence-electron chi connectivity index (χ3n) is 10.9. The average Bonchev–Trinajstić information content (AvgIpc) is 3.19. The molecule has 1 aliphatic rings. The molecule has 4 aromatic carbocycles. The number of hydrogen-bond acceptors (Lipinski definition) is 1. The lowest BCUT2D eigenvalue weighted by Gasteiger charge is -2.44. The minimum Gasteiger partial charge on any atom is -0.436 e. The molecule has 0 fully saturated rings. The van der Waals surface area contributed by atoms with Crippen molar-refractivity contribution in [2.45, 2.75) is 122 Å². The van der Waals surface area contributed by atoms with Crippen LogP contribution in [-0.2, 0) is 4.12 Å². The smallest absolute Gasteiger partial charge is 0.271 e. The van der Waals surface area contributed by atoms with Crippen molar-refractivity contribution in [3.63, 3.8) is 0 Å². The predicted molar refractivity (Wildman–Crippen MR) is 227 cm³/mol. The van der Waals surface area contributed by atoms with Crippen molar-refractivity contribution < 1.29 is 4.12 Å². The predicted octanol–water partition coefficient (Wildman–Crippen LogP) is 9.37. The molecule has 5 rings (SSSR count). The highest BCUT2D eigenvalue weighted by Gasteiger charge is 2.68. The van der Waals surface area contributed by atoms with Gasteiger partial charge in [-0.25, -0.2) is 0 Å². The van der Waals surface area contributed by atoms with Gasteiger partial charge in [-0.2, -0.15) is 0 Å². The first-order valence-electron chi connectivity index (χ1n) is 18.3. The Labute approximate surface area is 303 Å². The van der Waals surface area contributed by atoms with Crippen LogP contribution in [0.15, 0.2) is 58.2 Å². The lowest BCUT2D eigenvalue weighted by Crippen LogP contribution is -2.73. The molecule has 0 atom stereocenters. The van der Waals surface area contributed by atoms with Crippen molar-refractivity contribution in [3.8, 4) is 0 Å². The van der Waals surface area contributed by atoms with Gasteiger partial charge in [0.25, 0.3) is 16.6 Å². The van der Waals surface area contributed by atoms with Crippen LogP contribution in [-0.4, -0.2) is 32.8 Å². The van der Waals surface area contributed by atoms with Crippen molar-refractivity contribution in [1.29, 1.82) is 0 Å². The number of benzene rings is 4. The van der Waals surface area contributed by atoms with Gasteiger partial charge < -0.3 is 4.12 Å². The number of rotatable bonds is 6. The van der Waals surface area contributed by atoms with Crippen LogP contribution in [0.2, 0.25) is 39.3 Å². The van der Waals surface area contributed by atoms with E-state index < -0.39 is 32.8 Å². The summed E-state index contributed by atoms with van der Waals surface area (Å²) in [6, 6.07) is 19.6. The Morgan fingerprint density at radius 3 is 0.633 bits per heavy atom. The molecule has 0 spiro atoms. The highest BCUT2D eigenvalue weighted by molar-refractivity contribution is 7.30. The summed E-state index contributed by atoms with van der Waals surface area (Å²) >= 11 is 0. The van der Waals surface area contributed by atoms with Gasteiger partial charge in [-0.1, -0.05) is 120 Å². The van der Waals surface area contributed by atoms with E-state index in [1.165, 1.54) is 87.5 Å². The third-order valence-corrected chi connectivity index (χ3v) is 32.3. The molecule has 1 heterocycles. The van der Waals surface area contributed by atoms with Crippen molar-refractivity contribution in [2.75, 3.05) is 0 Å². The summed E-state index contributed by atoms with van der Waals surface area (Å²) in [5, 5.41) is 6.06. The largest absolute Gasteiger partial charge is 0.436 e. The van der Waals surface area contributed by atoms with Crippen molar-refractivity contribution in [1.82, 2.24) is 0 Å². The molecular formula is C44H62OSi4. The van der Waals surface area contributed by atoms with Gasteiger partial charge in [0.1, 0.15) is 0 Å². The zero-order valence-electron chi connectivity index (χ0n) is 34.0. The van der Waals surface area contributed by atoms with E-state index in [-0.39, 0.29) is 0 Å². The molecule has 49 heavy (non-hydrogen) atoms. The van der Waals surface area contributed by atoms with Gasteiger partial charge >= 0.3 is 0 Å². The Morgan fingerprint density at radius 2 is 0.490 bits per heavy atom. The SMILES string of the molecule is Cc1cc(C)c([Si]2(c3c(C)cc(C)cc3C)O[Si](c3c(C)cc(C)cc3C)(c3c(C)cc(C)cc3C)C([Si](C)(C)C)=C2[Si](C)(C)C)c(C)c1. The topological polar surface area (TPSA) is 9.23 Å². The summed E-state index contributed by atoms with van der Waals surface area (Å²) in [7, 11) is -10.4. The molecule has 0 N–H and O–H groups in total. The zero-order chi connectivity index (χ0) is 36.8. The molecule has 0 radical (unpaired) electrons. The van der Waals surface area contributed by atoms with Gasteiger partial charge in [0, 0.05) is 0 Å². The molecule has 0 saturated carbocycles. The first-order valence-corrected chi connectivity index (χ1v) is 29.1. The highest BCUT2D eigenvalue weighted by atomic mass is 28.5. The van der Waals surface area contributed by atoms with Gasteiger partial charge in [0.15, 0.2) is 0 Å². The minimum atomic E-state index is -3.13. The lowest BCUT2D eigenvalue weighted by molar-refractivity contribution is 0.603. The molecule has 0 saturated heterocycles. The molecule has 0 aromatic heterocycles. The number of hydrogen-bond donors (Lipinski definition) is 0. The Balaban J connectivity index is 2.25. The second-order valence-electron chi connectivity index (χ2n) is 17.8. The monoisotopic (exact) mass is 718 g/mol. The summed E-state index contributed by atoms with van der Waals surface area (Å²) in [6.45, 7) is 43.9. The summed E-state index contributed by atoms with van der Waals surface area (Å²) < 4.78 is 9.04. The third kappa shape index (κ3) is 6.01. The molecule has 0 amide bonds. The summed E-state index contributed by atoms with van der Waals surface area (Å²) in [4.78, 5) is 3.57. The summed E-state index contributed by atoms with van der Waals surface area (Å²) in [5.74, 6) is 0. The van der Waals surface area contributed by atoms with Gasteiger partial charge in [-0.05, 0) is 148 Å². The van der Waals surface area contributed by atoms with Crippen molar-refractivity contribution >= 4 is 53.5 Å². The zero-order valence-corrected chi connectivity index (χ0v) is 38.0. The Bertz CT molecular complexity index is 1680. The van der Waals surface area contributed by atoms with Crippen LogP contribution in [0, 0.1) is 83.1 Å². The van der Waals surface area contributed by atoms with E-state index in [9.17, 15) is 0 Å². The lowest BCUT2D eigenvalue weighted by atomic mass is 10.1. The number of aryl methyl sites for hydroxylation is 12. The molecule has 260 valence electrons. The second-order valence-corrected chi connectivity index (χ2v) is 35.4. The fourth-order valence-electron chi connectivity index (χ4n) is 10.4. The van der Waals surface area contributed by atoms with E-state index in [1.54, 1.807) is 9.64 Å². The molecule has 0 aliphatic carbocycles. The molecular weight excluding hydrogens is 657 g/mol. The Hall–Kier alpha value is -2.55. The maximum atomic E-state index is 9.04. The van der Waals surface area contributed by atoms with E-state index in [0.29, 0.717) is 0 Å². The fourth-order valence-corrected chi connectivity index (χ4v) is 40.9. The van der Waals surface area contributed by atoms with E-state index >= 15 is 0 Å². The van der Waals surface area contributed by atoms with Crippen LogP contribution < -0.4 is 20.7 Å². The minimum absolute atomic E-state index is 1.33. The van der Waals surface area contributed by atoms with E-state index in [0.717, 1.165) is 0 Å². The fraction of sp³-hybridized carbons (Fsp3) is 0.409. The molecule has 1 aliphatic heterocycles. The van der Waals surface area contributed by atoms with Crippen LogP contribution in [0.3, 0.4) is 0 Å². The standard InChI is InChI=1S/C44H62OSi4/c1-27-19-31(5)39(32(6)20-27)48(40-33(7)21-28(2)22-34(40)8)43(46(13,14)15)44(47(16,17)18)49(45-48,41-35(9)23-29(3)24-36(41)10)42-37(11)25-30(4)26-38(42)12/h19-26H,1-18H3. The van der Waals surface area contributed by atoms with E-state index in [2.05, 4.69) is 171 Å². The quantitative estimate of drug-likeness (QED) is 0.181. The molecule has 5 heteroatoms. The van der Waals surface area contributed by atoms with Crippen molar-refractivity contribution in [3.05, 3.63) is 125 Å². The first-order chi connectivity index (χ1) is 22.5. The maximum absolute atomic E-state index is 9.04. The van der Waals surface area contributed by atoms with Crippen molar-refractivity contribution in [2.24, 2.45) is 0 Å². The second kappa shape index (κ2) is 12.6. The highest BCUT2D eigenvalue weighted by Crippen LogP contribution is 2.48. The van der Waals surface area contributed by atoms with Crippen LogP contribution in [0.5, 0.6) is 0 Å². The molecule has 4 aromatic rings. The average molecular weight is 719 g/mol. The summed E-state index contributed by atoms with van der Waals surface area (Å²) in [5.41, 5.74) is 16.5. The van der Waals surface area contributed by atoms with Gasteiger partial charge in [-0.3, -0.25) is 0 Å². The van der Waals surface area contributed by atoms with E-state index in [1.807, 2.05) is 0 Å². The van der Waals surface area contributed by atoms with Gasteiger partial charge in [0.2, 0.25) is 0 Å². The molecule has 1 nitrogen and oxygen atoms in total. The van der Waals surface area contributed by atoms with Crippen LogP contribution in [0.4, 0.5) is 0 Å². The Kier molecular flexibility index (Phi) is 9.69. The van der Waals surface area contributed by atoms with Gasteiger partial charge in [0.05, 0.1) is 16.1 Å². The molecule has 0 bridgehead atoms. The Morgan fingerprint density at radius 1 is 0.327 bits per heavy atom. The van der Waals surface area contributed by atoms with Crippen LogP contribution >= 0.6 is 0 Å². The maximum Gasteiger partial charge on any atom is 0.271 e. The first kappa shape index (κ1) is 37.7. The van der Waals surface area contributed by atoms with Gasteiger partial charge in [-0.15, -0.1) is 0 Å². The normalized spacial score (nSPS) is 16.1. The van der Waals surface area contributed by atoms with Crippen LogP contribution in [0.25, 0.3) is 0 Å². The van der Waals surface area contributed by atoms with E-state index in [4.69, 9.17) is 4.12 Å². The van der Waals surface area contributed by atoms with Crippen LogP contribution in [0.1, 0.15) is 66.8 Å².